The van der Waals surface area contributed by atoms with Crippen LogP contribution >= 0.6 is 0 Å². The van der Waals surface area contributed by atoms with Gasteiger partial charge in [-0.2, -0.15) is 0 Å². The third-order valence-electron chi connectivity index (χ3n) is 4.05. The Morgan fingerprint density at radius 1 is 1.00 bits per heavy atom. The first-order chi connectivity index (χ1) is 12.8. The van der Waals surface area contributed by atoms with Crippen molar-refractivity contribution in [2.75, 3.05) is 6.54 Å². The van der Waals surface area contributed by atoms with Crippen LogP contribution in [0, 0.1) is 11.6 Å². The number of imide groups is 1. The Bertz CT molecular complexity index is 937. The first-order valence-electron chi connectivity index (χ1n) is 7.93. The van der Waals surface area contributed by atoms with Crippen molar-refractivity contribution in [2.45, 2.75) is 13.0 Å². The van der Waals surface area contributed by atoms with Crippen LogP contribution in [-0.2, 0) is 9.53 Å². The molecule has 2 aromatic rings. The van der Waals surface area contributed by atoms with Gasteiger partial charge in [0.25, 0.3) is 11.8 Å². The first kappa shape index (κ1) is 18.4. The lowest BCUT2D eigenvalue weighted by atomic mass is 10.1. The van der Waals surface area contributed by atoms with Gasteiger partial charge >= 0.3 is 5.97 Å². The van der Waals surface area contributed by atoms with Gasteiger partial charge in [-0.1, -0.05) is 12.1 Å². The van der Waals surface area contributed by atoms with Crippen LogP contribution in [0.1, 0.15) is 38.0 Å². The summed E-state index contributed by atoms with van der Waals surface area (Å²) in [7, 11) is 0. The zero-order chi connectivity index (χ0) is 19.7. The van der Waals surface area contributed by atoms with Crippen LogP contribution in [0.3, 0.4) is 0 Å². The Morgan fingerprint density at radius 3 is 2.15 bits per heavy atom. The van der Waals surface area contributed by atoms with E-state index in [0.29, 0.717) is 6.07 Å². The van der Waals surface area contributed by atoms with Crippen LogP contribution in [0.4, 0.5) is 8.78 Å². The number of ether oxygens (including phenoxy) is 1. The third-order valence-corrected chi connectivity index (χ3v) is 4.05. The molecule has 0 aromatic heterocycles. The summed E-state index contributed by atoms with van der Waals surface area (Å²) < 4.78 is 31.1. The van der Waals surface area contributed by atoms with E-state index in [4.69, 9.17) is 4.74 Å². The second kappa shape index (κ2) is 7.06. The summed E-state index contributed by atoms with van der Waals surface area (Å²) in [6.45, 7) is 0.589. The molecule has 1 heterocycles. The van der Waals surface area contributed by atoms with E-state index < -0.39 is 47.9 Å². The number of carbonyl (C=O) groups excluding carboxylic acids is 4. The van der Waals surface area contributed by atoms with E-state index in [1.54, 1.807) is 12.1 Å². The van der Waals surface area contributed by atoms with Crippen molar-refractivity contribution in [3.8, 4) is 0 Å². The summed E-state index contributed by atoms with van der Waals surface area (Å²) in [6.07, 6.45) is -1.31. The number of amides is 2. The van der Waals surface area contributed by atoms with Crippen molar-refractivity contribution in [1.82, 2.24) is 4.90 Å². The topological polar surface area (TPSA) is 80.8 Å². The van der Waals surface area contributed by atoms with Crippen LogP contribution in [0.2, 0.25) is 0 Å². The van der Waals surface area contributed by atoms with Gasteiger partial charge in [-0.3, -0.25) is 24.1 Å². The number of hydrogen-bond donors (Lipinski definition) is 0. The lowest BCUT2D eigenvalue weighted by Gasteiger charge is -2.16. The average Bonchev–Trinajstić information content (AvgIpc) is 2.88. The van der Waals surface area contributed by atoms with Gasteiger partial charge in [-0.15, -0.1) is 0 Å². The monoisotopic (exact) mass is 373 g/mol. The second-order valence-electron chi connectivity index (χ2n) is 5.87. The molecular weight excluding hydrogens is 360 g/mol. The molecule has 0 saturated heterocycles. The molecule has 1 aliphatic rings. The highest BCUT2D eigenvalue weighted by Gasteiger charge is 2.37. The predicted octanol–water partition coefficient (Wildman–Crippen LogP) is 2.38. The Balaban J connectivity index is 1.66. The van der Waals surface area contributed by atoms with Crippen molar-refractivity contribution in [3.63, 3.8) is 0 Å². The van der Waals surface area contributed by atoms with Crippen LogP contribution in [0.25, 0.3) is 0 Å². The number of fused-ring (bicyclic) bond motifs is 1. The van der Waals surface area contributed by atoms with Gasteiger partial charge in [-0.25, -0.2) is 8.78 Å². The van der Waals surface area contributed by atoms with Crippen molar-refractivity contribution >= 4 is 23.6 Å². The van der Waals surface area contributed by atoms with Crippen molar-refractivity contribution in [1.29, 1.82) is 0 Å². The summed E-state index contributed by atoms with van der Waals surface area (Å²) >= 11 is 0. The quantitative estimate of drug-likeness (QED) is 0.457. The number of hydrogen-bond acceptors (Lipinski definition) is 5. The van der Waals surface area contributed by atoms with E-state index in [1.807, 2.05) is 0 Å². The van der Waals surface area contributed by atoms with E-state index in [9.17, 15) is 28.0 Å². The highest BCUT2D eigenvalue weighted by Crippen LogP contribution is 2.22. The van der Waals surface area contributed by atoms with E-state index in [2.05, 4.69) is 0 Å². The number of esters is 1. The Morgan fingerprint density at radius 2 is 1.59 bits per heavy atom. The lowest BCUT2D eigenvalue weighted by Crippen LogP contribution is -2.37. The van der Waals surface area contributed by atoms with Gasteiger partial charge in [0.15, 0.2) is 17.7 Å². The highest BCUT2D eigenvalue weighted by molar-refractivity contribution is 6.22. The normalized spacial score (nSPS) is 14.1. The molecule has 1 atom stereocenters. The minimum atomic E-state index is -1.31. The van der Waals surface area contributed by atoms with Gasteiger partial charge in [0.2, 0.25) is 5.78 Å². The molecule has 0 spiro atoms. The minimum absolute atomic E-state index is 0.171. The molecule has 2 aromatic carbocycles. The van der Waals surface area contributed by atoms with Crippen molar-refractivity contribution in [2.24, 2.45) is 0 Å². The molecule has 0 aliphatic carbocycles. The van der Waals surface area contributed by atoms with E-state index >= 15 is 0 Å². The fourth-order valence-corrected chi connectivity index (χ4v) is 2.68. The summed E-state index contributed by atoms with van der Waals surface area (Å²) in [6, 6.07) is 8.67. The van der Waals surface area contributed by atoms with Crippen LogP contribution < -0.4 is 0 Å². The van der Waals surface area contributed by atoms with E-state index in [-0.39, 0.29) is 16.7 Å². The molecule has 0 bridgehead atoms. The van der Waals surface area contributed by atoms with E-state index in [1.165, 1.54) is 19.1 Å². The first-order valence-corrected chi connectivity index (χ1v) is 7.93. The largest absolute Gasteiger partial charge is 0.453 e. The Kier molecular flexibility index (Phi) is 4.81. The Hall–Kier alpha value is -3.42. The summed E-state index contributed by atoms with van der Waals surface area (Å²) in [5.41, 5.74) is 0.192. The average molecular weight is 373 g/mol. The molecule has 0 fully saturated rings. The highest BCUT2D eigenvalue weighted by atomic mass is 19.2. The van der Waals surface area contributed by atoms with Gasteiger partial charge in [0.1, 0.15) is 6.54 Å². The zero-order valence-electron chi connectivity index (χ0n) is 14.1. The van der Waals surface area contributed by atoms with Gasteiger partial charge in [0.05, 0.1) is 11.1 Å². The molecule has 0 radical (unpaired) electrons. The maximum Gasteiger partial charge on any atom is 0.326 e. The fourth-order valence-electron chi connectivity index (χ4n) is 2.68. The number of ketones is 1. The van der Waals surface area contributed by atoms with Crippen LogP contribution in [0.15, 0.2) is 42.5 Å². The number of rotatable bonds is 5. The number of halogens is 2. The maximum absolute atomic E-state index is 13.2. The Labute approximate surface area is 152 Å². The lowest BCUT2D eigenvalue weighted by molar-refractivity contribution is -0.146. The summed E-state index contributed by atoms with van der Waals surface area (Å²) in [5, 5.41) is 0. The molecule has 0 N–H and O–H groups in total. The van der Waals surface area contributed by atoms with Crippen LogP contribution in [0.5, 0.6) is 0 Å². The number of Topliss-reactive ketones (excluding diaryl/α,β-unsaturated/α-hetero) is 1. The minimum Gasteiger partial charge on any atom is -0.453 e. The molecule has 1 aliphatic heterocycles. The molecule has 2 amide bonds. The molecule has 1 unspecified atom stereocenters. The van der Waals surface area contributed by atoms with Gasteiger partial charge < -0.3 is 4.74 Å². The van der Waals surface area contributed by atoms with Crippen molar-refractivity contribution in [3.05, 3.63) is 70.8 Å². The van der Waals surface area contributed by atoms with E-state index in [0.717, 1.165) is 17.0 Å². The molecule has 6 nitrogen and oxygen atoms in total. The molecule has 138 valence electrons. The van der Waals surface area contributed by atoms with Crippen LogP contribution in [-0.4, -0.2) is 41.1 Å². The molecule has 27 heavy (non-hydrogen) atoms. The molecular formula is C19H13F2NO5. The second-order valence-corrected chi connectivity index (χ2v) is 5.87. The number of carbonyl (C=O) groups is 4. The van der Waals surface area contributed by atoms with Crippen molar-refractivity contribution < 1.29 is 32.7 Å². The summed E-state index contributed by atoms with van der Waals surface area (Å²) in [4.78, 5) is 49.4. The summed E-state index contributed by atoms with van der Waals surface area (Å²) in [5.74, 6) is -5.30. The molecule has 3 rings (SSSR count). The SMILES string of the molecule is CC(OC(=O)CN1C(=O)c2ccccc2C1=O)C(=O)c1ccc(F)c(F)c1. The number of benzene rings is 2. The predicted molar refractivity (Wildman–Crippen MR) is 88.1 cm³/mol. The number of nitrogens with zero attached hydrogens (tertiary/aromatic N) is 1. The molecule has 0 saturated carbocycles. The third kappa shape index (κ3) is 3.46. The molecule has 8 heteroatoms. The maximum atomic E-state index is 13.2. The van der Waals surface area contributed by atoms with Gasteiger partial charge in [-0.05, 0) is 37.3 Å². The zero-order valence-corrected chi connectivity index (χ0v) is 14.1. The van der Waals surface area contributed by atoms with Gasteiger partial charge in [0, 0.05) is 5.56 Å². The fraction of sp³-hybridized carbons (Fsp3) is 0.158. The smallest absolute Gasteiger partial charge is 0.326 e. The standard InChI is InChI=1S/C19H13F2NO5/c1-10(17(24)11-6-7-14(20)15(21)8-11)27-16(23)9-22-18(25)12-4-2-3-5-13(12)19(22)26/h2-8,10H,9H2,1H3.